The first kappa shape index (κ1) is 14.0. The highest BCUT2D eigenvalue weighted by molar-refractivity contribution is 9.10. The molecule has 0 heterocycles. The summed E-state index contributed by atoms with van der Waals surface area (Å²) in [6, 6.07) is 6.20. The molecule has 0 saturated carbocycles. The SMILES string of the molecule is Cc1c(Br)cccc1NCCC(=O)NC(C)C. The lowest BCUT2D eigenvalue weighted by Gasteiger charge is -2.11. The van der Waals surface area contributed by atoms with Gasteiger partial charge < -0.3 is 10.6 Å². The summed E-state index contributed by atoms with van der Waals surface area (Å²) < 4.78 is 1.08. The zero-order valence-corrected chi connectivity index (χ0v) is 12.1. The second-order valence-corrected chi connectivity index (χ2v) is 5.17. The van der Waals surface area contributed by atoms with Gasteiger partial charge in [-0.3, -0.25) is 4.79 Å². The van der Waals surface area contributed by atoms with Gasteiger partial charge in [0.1, 0.15) is 0 Å². The first-order valence-electron chi connectivity index (χ1n) is 5.79. The molecule has 0 aliphatic heterocycles. The molecule has 94 valence electrons. The number of carbonyl (C=O) groups excluding carboxylic acids is 1. The Balaban J connectivity index is 2.41. The Hall–Kier alpha value is -1.03. The van der Waals surface area contributed by atoms with Crippen molar-refractivity contribution in [2.24, 2.45) is 0 Å². The Labute approximate surface area is 111 Å². The second-order valence-electron chi connectivity index (χ2n) is 4.31. The van der Waals surface area contributed by atoms with Crippen molar-refractivity contribution in [1.82, 2.24) is 5.32 Å². The molecule has 0 aromatic heterocycles. The lowest BCUT2D eigenvalue weighted by atomic mass is 10.2. The van der Waals surface area contributed by atoms with Crippen LogP contribution in [0, 0.1) is 6.92 Å². The molecule has 0 atom stereocenters. The smallest absolute Gasteiger partial charge is 0.221 e. The summed E-state index contributed by atoms with van der Waals surface area (Å²) in [5.41, 5.74) is 2.23. The third-order valence-corrected chi connectivity index (χ3v) is 3.24. The molecule has 0 unspecified atom stereocenters. The average molecular weight is 299 g/mol. The number of nitrogens with one attached hydrogen (secondary N) is 2. The number of halogens is 1. The van der Waals surface area contributed by atoms with Crippen LogP contribution < -0.4 is 10.6 Å². The fourth-order valence-electron chi connectivity index (χ4n) is 1.50. The van der Waals surface area contributed by atoms with Gasteiger partial charge in [0.2, 0.25) is 5.91 Å². The predicted octanol–water partition coefficient (Wildman–Crippen LogP) is 3.08. The minimum absolute atomic E-state index is 0.0835. The molecular weight excluding hydrogens is 280 g/mol. The van der Waals surface area contributed by atoms with Gasteiger partial charge in [0.05, 0.1) is 0 Å². The largest absolute Gasteiger partial charge is 0.384 e. The van der Waals surface area contributed by atoms with Crippen molar-refractivity contribution in [3.05, 3.63) is 28.2 Å². The standard InChI is InChI=1S/C13H19BrN2O/c1-9(2)16-13(17)7-8-15-12-6-4-5-11(14)10(12)3/h4-6,9,15H,7-8H2,1-3H3,(H,16,17). The lowest BCUT2D eigenvalue weighted by molar-refractivity contribution is -0.121. The van der Waals surface area contributed by atoms with E-state index in [1.165, 1.54) is 0 Å². The molecule has 0 spiro atoms. The molecular formula is C13H19BrN2O. The van der Waals surface area contributed by atoms with Gasteiger partial charge in [-0.1, -0.05) is 22.0 Å². The van der Waals surface area contributed by atoms with Crippen molar-refractivity contribution in [1.29, 1.82) is 0 Å². The highest BCUT2D eigenvalue weighted by Crippen LogP contribution is 2.23. The first-order valence-corrected chi connectivity index (χ1v) is 6.58. The molecule has 17 heavy (non-hydrogen) atoms. The predicted molar refractivity (Wildman–Crippen MR) is 75.3 cm³/mol. The van der Waals surface area contributed by atoms with Crippen LogP contribution in [0.5, 0.6) is 0 Å². The molecule has 4 heteroatoms. The summed E-state index contributed by atoms with van der Waals surface area (Å²) in [6.07, 6.45) is 0.490. The van der Waals surface area contributed by atoms with Crippen molar-refractivity contribution in [3.63, 3.8) is 0 Å². The van der Waals surface area contributed by atoms with E-state index in [0.717, 1.165) is 15.7 Å². The van der Waals surface area contributed by atoms with Gasteiger partial charge in [-0.25, -0.2) is 0 Å². The molecule has 0 bridgehead atoms. The van der Waals surface area contributed by atoms with E-state index >= 15 is 0 Å². The monoisotopic (exact) mass is 298 g/mol. The Morgan fingerprint density at radius 2 is 2.12 bits per heavy atom. The molecule has 1 rings (SSSR count). The zero-order chi connectivity index (χ0) is 12.8. The summed E-state index contributed by atoms with van der Waals surface area (Å²) in [6.45, 7) is 6.62. The molecule has 1 aromatic rings. The zero-order valence-electron chi connectivity index (χ0n) is 10.5. The van der Waals surface area contributed by atoms with Crippen LogP contribution in [0.1, 0.15) is 25.8 Å². The van der Waals surface area contributed by atoms with E-state index in [-0.39, 0.29) is 11.9 Å². The maximum atomic E-state index is 11.4. The van der Waals surface area contributed by atoms with Crippen LogP contribution in [0.3, 0.4) is 0 Å². The normalized spacial score (nSPS) is 10.4. The van der Waals surface area contributed by atoms with Crippen molar-refractivity contribution >= 4 is 27.5 Å². The summed E-state index contributed by atoms with van der Waals surface area (Å²) in [7, 11) is 0. The van der Waals surface area contributed by atoms with E-state index in [9.17, 15) is 4.79 Å². The van der Waals surface area contributed by atoms with Gasteiger partial charge in [-0.05, 0) is 38.5 Å². The molecule has 0 fully saturated rings. The topological polar surface area (TPSA) is 41.1 Å². The van der Waals surface area contributed by atoms with E-state index in [1.807, 2.05) is 39.0 Å². The van der Waals surface area contributed by atoms with Crippen LogP contribution >= 0.6 is 15.9 Å². The van der Waals surface area contributed by atoms with E-state index in [0.29, 0.717) is 13.0 Å². The molecule has 0 aliphatic carbocycles. The fourth-order valence-corrected chi connectivity index (χ4v) is 1.87. The number of hydrogen-bond acceptors (Lipinski definition) is 2. The highest BCUT2D eigenvalue weighted by atomic mass is 79.9. The lowest BCUT2D eigenvalue weighted by Crippen LogP contribution is -2.31. The molecule has 0 saturated heterocycles. The van der Waals surface area contributed by atoms with Crippen molar-refractivity contribution in [3.8, 4) is 0 Å². The van der Waals surface area contributed by atoms with Crippen LogP contribution in [-0.2, 0) is 4.79 Å². The molecule has 2 N–H and O–H groups in total. The number of amides is 1. The van der Waals surface area contributed by atoms with Gasteiger partial charge >= 0.3 is 0 Å². The summed E-state index contributed by atoms with van der Waals surface area (Å²) >= 11 is 3.48. The number of benzene rings is 1. The minimum Gasteiger partial charge on any atom is -0.384 e. The summed E-state index contributed by atoms with van der Waals surface area (Å²) in [4.78, 5) is 11.4. The third kappa shape index (κ3) is 4.77. The van der Waals surface area contributed by atoms with Gasteiger partial charge in [0, 0.05) is 29.2 Å². The van der Waals surface area contributed by atoms with Gasteiger partial charge in [-0.15, -0.1) is 0 Å². The van der Waals surface area contributed by atoms with Crippen LogP contribution in [0.2, 0.25) is 0 Å². The van der Waals surface area contributed by atoms with Crippen LogP contribution in [-0.4, -0.2) is 18.5 Å². The molecule has 0 radical (unpaired) electrons. The maximum absolute atomic E-state index is 11.4. The quantitative estimate of drug-likeness (QED) is 0.877. The van der Waals surface area contributed by atoms with Crippen molar-refractivity contribution < 1.29 is 4.79 Å². The van der Waals surface area contributed by atoms with Crippen molar-refractivity contribution in [2.75, 3.05) is 11.9 Å². The molecule has 3 nitrogen and oxygen atoms in total. The van der Waals surface area contributed by atoms with Crippen LogP contribution in [0.15, 0.2) is 22.7 Å². The Morgan fingerprint density at radius 3 is 2.76 bits per heavy atom. The van der Waals surface area contributed by atoms with Crippen LogP contribution in [0.25, 0.3) is 0 Å². The van der Waals surface area contributed by atoms with E-state index in [4.69, 9.17) is 0 Å². The van der Waals surface area contributed by atoms with Crippen molar-refractivity contribution in [2.45, 2.75) is 33.2 Å². The minimum atomic E-state index is 0.0835. The first-order chi connectivity index (χ1) is 8.00. The Morgan fingerprint density at radius 1 is 1.41 bits per heavy atom. The second kappa shape index (κ2) is 6.64. The van der Waals surface area contributed by atoms with Gasteiger partial charge in [-0.2, -0.15) is 0 Å². The molecule has 1 amide bonds. The number of hydrogen-bond donors (Lipinski definition) is 2. The Kier molecular flexibility index (Phi) is 5.48. The average Bonchev–Trinajstić information content (AvgIpc) is 2.23. The summed E-state index contributed by atoms with van der Waals surface area (Å²) in [5.74, 6) is 0.0835. The highest BCUT2D eigenvalue weighted by Gasteiger charge is 2.04. The maximum Gasteiger partial charge on any atom is 0.221 e. The van der Waals surface area contributed by atoms with E-state index in [2.05, 4.69) is 26.6 Å². The fraction of sp³-hybridized carbons (Fsp3) is 0.462. The molecule has 0 aliphatic rings. The number of rotatable bonds is 5. The van der Waals surface area contributed by atoms with E-state index in [1.54, 1.807) is 0 Å². The number of carbonyl (C=O) groups is 1. The third-order valence-electron chi connectivity index (χ3n) is 2.38. The van der Waals surface area contributed by atoms with E-state index < -0.39 is 0 Å². The van der Waals surface area contributed by atoms with Gasteiger partial charge in [0.15, 0.2) is 0 Å². The molecule has 1 aromatic carbocycles. The van der Waals surface area contributed by atoms with Gasteiger partial charge in [0.25, 0.3) is 0 Å². The summed E-state index contributed by atoms with van der Waals surface area (Å²) in [5, 5.41) is 6.13. The number of anilines is 1. The van der Waals surface area contributed by atoms with Crippen LogP contribution in [0.4, 0.5) is 5.69 Å². The Bertz CT molecular complexity index is 391.